The molecule has 0 saturated carbocycles. The third kappa shape index (κ3) is 7.06. The second-order valence-electron chi connectivity index (χ2n) is 8.54. The van der Waals surface area contributed by atoms with Crippen molar-refractivity contribution in [2.24, 2.45) is 0 Å². The summed E-state index contributed by atoms with van der Waals surface area (Å²) < 4.78 is 39.1. The molecule has 0 amide bonds. The Labute approximate surface area is 176 Å². The number of sulfonamides is 1. The van der Waals surface area contributed by atoms with Crippen LogP contribution in [0.1, 0.15) is 52.7 Å². The number of ether oxygens (including phenoxy) is 1. The molecule has 6 nitrogen and oxygen atoms in total. The number of carbonyl (C=O) groups excluding carboxylic acids is 1. The van der Waals surface area contributed by atoms with Crippen LogP contribution in [0.25, 0.3) is 0 Å². The van der Waals surface area contributed by atoms with Gasteiger partial charge in [0.2, 0.25) is 10.0 Å². The minimum Gasteiger partial charge on any atom is -0.465 e. The van der Waals surface area contributed by atoms with Gasteiger partial charge >= 0.3 is 5.97 Å². The third-order valence-corrected chi connectivity index (χ3v) is 11.3. The number of rotatable bonds is 10. The van der Waals surface area contributed by atoms with E-state index in [2.05, 4.69) is 45.2 Å². The quantitative estimate of drug-likeness (QED) is 0.327. The molecule has 1 N–H and O–H groups in total. The molecular weight excluding hydrogens is 406 g/mol. The average Bonchev–Trinajstić information content (AvgIpc) is 2.60. The highest BCUT2D eigenvalue weighted by molar-refractivity contribution is 7.89. The highest BCUT2D eigenvalue weighted by Crippen LogP contribution is 2.39. The molecule has 0 saturated heterocycles. The summed E-state index contributed by atoms with van der Waals surface area (Å²) in [4.78, 5) is 12.1. The molecule has 0 fully saturated rings. The molecule has 0 bridgehead atoms. The van der Waals surface area contributed by atoms with E-state index in [1.165, 1.54) is 18.2 Å². The van der Waals surface area contributed by atoms with Crippen LogP contribution in [-0.2, 0) is 24.0 Å². The zero-order chi connectivity index (χ0) is 22.5. The van der Waals surface area contributed by atoms with Crippen LogP contribution in [0.15, 0.2) is 41.8 Å². The van der Waals surface area contributed by atoms with Crippen LogP contribution < -0.4 is 4.72 Å². The summed E-state index contributed by atoms with van der Waals surface area (Å²) in [7, 11) is -5.82. The Hall–Kier alpha value is -1.48. The smallest absolute Gasteiger partial charge is 0.324 e. The monoisotopic (exact) mass is 441 g/mol. The average molecular weight is 442 g/mol. The van der Waals surface area contributed by atoms with Crippen LogP contribution in [0, 0.1) is 0 Å². The SMILES string of the molecule is C=CC[C@H](NS(=O)(=O)c1ccc([C@H](C)O[Si](C)(C)C(C)(C)C)cc1)C(=O)OCC. The molecule has 1 rings (SSSR count). The van der Waals surface area contributed by atoms with E-state index in [4.69, 9.17) is 9.16 Å². The van der Waals surface area contributed by atoms with Gasteiger partial charge in [-0.05, 0) is 56.1 Å². The van der Waals surface area contributed by atoms with Crippen molar-refractivity contribution in [1.29, 1.82) is 0 Å². The van der Waals surface area contributed by atoms with E-state index < -0.39 is 30.4 Å². The van der Waals surface area contributed by atoms with Crippen LogP contribution >= 0.6 is 0 Å². The topological polar surface area (TPSA) is 81.7 Å². The fourth-order valence-corrected chi connectivity index (χ4v) is 5.03. The first kappa shape index (κ1) is 25.6. The zero-order valence-corrected chi connectivity index (χ0v) is 20.4. The Bertz CT molecular complexity index is 797. The number of esters is 1. The lowest BCUT2D eigenvalue weighted by molar-refractivity contribution is -0.145. The summed E-state index contributed by atoms with van der Waals surface area (Å²) in [5, 5.41) is 0.0850. The fourth-order valence-electron chi connectivity index (χ4n) is 2.46. The van der Waals surface area contributed by atoms with E-state index in [1.807, 2.05) is 6.92 Å². The Morgan fingerprint density at radius 2 is 1.79 bits per heavy atom. The Balaban J connectivity index is 2.98. The second kappa shape index (κ2) is 10.0. The van der Waals surface area contributed by atoms with Crippen molar-refractivity contribution >= 4 is 24.3 Å². The van der Waals surface area contributed by atoms with Crippen molar-refractivity contribution in [2.75, 3.05) is 6.61 Å². The van der Waals surface area contributed by atoms with Gasteiger partial charge in [0.05, 0.1) is 17.6 Å². The molecule has 0 aliphatic rings. The molecule has 8 heteroatoms. The number of hydrogen-bond donors (Lipinski definition) is 1. The van der Waals surface area contributed by atoms with Crippen molar-refractivity contribution in [1.82, 2.24) is 4.72 Å². The van der Waals surface area contributed by atoms with E-state index in [1.54, 1.807) is 19.1 Å². The van der Waals surface area contributed by atoms with Crippen molar-refractivity contribution in [2.45, 2.75) is 76.2 Å². The molecule has 0 aromatic heterocycles. The molecule has 0 spiro atoms. The van der Waals surface area contributed by atoms with Crippen molar-refractivity contribution in [3.8, 4) is 0 Å². The van der Waals surface area contributed by atoms with Crippen LogP contribution in [0.4, 0.5) is 0 Å². The Morgan fingerprint density at radius 1 is 1.24 bits per heavy atom. The van der Waals surface area contributed by atoms with E-state index in [0.29, 0.717) is 0 Å². The highest BCUT2D eigenvalue weighted by Gasteiger charge is 2.38. The maximum Gasteiger partial charge on any atom is 0.324 e. The number of benzene rings is 1. The van der Waals surface area contributed by atoms with Gasteiger partial charge in [-0.1, -0.05) is 39.0 Å². The number of hydrogen-bond acceptors (Lipinski definition) is 5. The van der Waals surface area contributed by atoms with Crippen LogP contribution in [0.5, 0.6) is 0 Å². The molecule has 0 aliphatic carbocycles. The lowest BCUT2D eigenvalue weighted by Crippen LogP contribution is -2.41. The van der Waals surface area contributed by atoms with Gasteiger partial charge in [-0.15, -0.1) is 6.58 Å². The molecule has 29 heavy (non-hydrogen) atoms. The van der Waals surface area contributed by atoms with E-state index >= 15 is 0 Å². The van der Waals surface area contributed by atoms with Gasteiger partial charge in [-0.3, -0.25) is 4.79 Å². The van der Waals surface area contributed by atoms with Crippen LogP contribution in [-0.4, -0.2) is 35.4 Å². The van der Waals surface area contributed by atoms with Gasteiger partial charge in [0.25, 0.3) is 0 Å². The largest absolute Gasteiger partial charge is 0.465 e. The van der Waals surface area contributed by atoms with Crippen LogP contribution in [0.2, 0.25) is 18.1 Å². The van der Waals surface area contributed by atoms with Gasteiger partial charge in [-0.25, -0.2) is 8.42 Å². The highest BCUT2D eigenvalue weighted by atomic mass is 32.2. The van der Waals surface area contributed by atoms with Gasteiger partial charge < -0.3 is 9.16 Å². The zero-order valence-electron chi connectivity index (χ0n) is 18.6. The number of nitrogens with one attached hydrogen (secondary N) is 1. The summed E-state index contributed by atoms with van der Waals surface area (Å²) in [5.74, 6) is -0.621. The summed E-state index contributed by atoms with van der Waals surface area (Å²) in [6.45, 7) is 18.3. The van der Waals surface area contributed by atoms with Gasteiger partial charge in [-0.2, -0.15) is 4.72 Å². The second-order valence-corrected chi connectivity index (χ2v) is 15.0. The van der Waals surface area contributed by atoms with E-state index in [-0.39, 0.29) is 29.1 Å². The minimum atomic E-state index is -3.88. The minimum absolute atomic E-state index is 0.0825. The lowest BCUT2D eigenvalue weighted by Gasteiger charge is -2.38. The number of carbonyl (C=O) groups is 1. The van der Waals surface area contributed by atoms with Gasteiger partial charge in [0.1, 0.15) is 6.04 Å². The van der Waals surface area contributed by atoms with Crippen molar-refractivity contribution in [3.63, 3.8) is 0 Å². The summed E-state index contributed by atoms with van der Waals surface area (Å²) in [6, 6.07) is 5.55. The normalized spacial score (nSPS) is 14.9. The molecule has 0 radical (unpaired) electrons. The van der Waals surface area contributed by atoms with Crippen LogP contribution in [0.3, 0.4) is 0 Å². The molecule has 164 valence electrons. The predicted molar refractivity (Wildman–Crippen MR) is 119 cm³/mol. The molecule has 0 heterocycles. The molecule has 1 aromatic carbocycles. The molecule has 1 aromatic rings. The first-order chi connectivity index (χ1) is 13.2. The lowest BCUT2D eigenvalue weighted by atomic mass is 10.1. The van der Waals surface area contributed by atoms with Crippen molar-refractivity contribution in [3.05, 3.63) is 42.5 Å². The summed E-state index contributed by atoms with van der Waals surface area (Å²) in [5.41, 5.74) is 0.904. The first-order valence-electron chi connectivity index (χ1n) is 9.82. The standard InChI is InChI=1S/C21H35NO5SSi/c1-9-11-19(20(23)26-10-2)22-28(24,25)18-14-12-17(13-15-18)16(3)27-29(7,8)21(4,5)6/h9,12-16,19,22H,1,10-11H2,2-8H3/t16-,19-/m0/s1. The van der Waals surface area contributed by atoms with E-state index in [9.17, 15) is 13.2 Å². The molecule has 2 atom stereocenters. The third-order valence-electron chi connectivity index (χ3n) is 5.21. The maximum absolute atomic E-state index is 12.7. The Kier molecular flexibility index (Phi) is 8.83. The summed E-state index contributed by atoms with van der Waals surface area (Å²) in [6.07, 6.45) is 1.48. The van der Waals surface area contributed by atoms with Gasteiger partial charge in [0, 0.05) is 0 Å². The predicted octanol–water partition coefficient (Wildman–Crippen LogP) is 4.56. The van der Waals surface area contributed by atoms with E-state index in [0.717, 1.165) is 5.56 Å². The molecule has 0 aliphatic heterocycles. The fraction of sp³-hybridized carbons (Fsp3) is 0.571. The molecular formula is C21H35NO5SSi. The van der Waals surface area contributed by atoms with Crippen molar-refractivity contribution < 1.29 is 22.4 Å². The van der Waals surface area contributed by atoms with Gasteiger partial charge in [0.15, 0.2) is 8.32 Å². The first-order valence-corrected chi connectivity index (χ1v) is 14.2. The maximum atomic E-state index is 12.7. The Morgan fingerprint density at radius 3 is 2.24 bits per heavy atom. The molecule has 0 unspecified atom stereocenters. The summed E-state index contributed by atoms with van der Waals surface area (Å²) >= 11 is 0.